The highest BCUT2D eigenvalue weighted by Crippen LogP contribution is 2.32. The van der Waals surface area contributed by atoms with E-state index in [9.17, 15) is 5.11 Å². The van der Waals surface area contributed by atoms with Gasteiger partial charge in [-0.25, -0.2) is 0 Å². The Labute approximate surface area is 98.8 Å². The summed E-state index contributed by atoms with van der Waals surface area (Å²) < 4.78 is 0. The summed E-state index contributed by atoms with van der Waals surface area (Å²) in [6.07, 6.45) is 7.84. The van der Waals surface area contributed by atoms with Crippen molar-refractivity contribution in [2.45, 2.75) is 57.4 Å². The maximum absolute atomic E-state index is 9.57. The minimum Gasteiger partial charge on any atom is -0.394 e. The first-order valence-electron chi connectivity index (χ1n) is 6.46. The molecule has 3 nitrogen and oxygen atoms in total. The molecule has 92 valence electrons. The molecule has 0 radical (unpaired) electrons. The number of nitrogens with one attached hydrogen (secondary N) is 1. The van der Waals surface area contributed by atoms with Gasteiger partial charge in [-0.2, -0.15) is 5.26 Å². The first-order valence-corrected chi connectivity index (χ1v) is 6.46. The summed E-state index contributed by atoms with van der Waals surface area (Å²) in [5, 5.41) is 21.5. The fourth-order valence-electron chi connectivity index (χ4n) is 2.61. The first-order chi connectivity index (χ1) is 7.73. The Morgan fingerprint density at radius 2 is 2.06 bits per heavy atom. The predicted octanol–water partition coefficient (Wildman–Crippen LogP) is 2.21. The quantitative estimate of drug-likeness (QED) is 0.680. The highest BCUT2D eigenvalue weighted by atomic mass is 16.3. The normalized spacial score (nSPS) is 21.3. The molecule has 2 N–H and O–H groups in total. The maximum atomic E-state index is 9.57. The van der Waals surface area contributed by atoms with Crippen LogP contribution in [0.15, 0.2) is 0 Å². The van der Waals surface area contributed by atoms with E-state index in [1.807, 2.05) is 0 Å². The van der Waals surface area contributed by atoms with Crippen molar-refractivity contribution in [3.8, 4) is 6.07 Å². The second kappa shape index (κ2) is 6.88. The van der Waals surface area contributed by atoms with E-state index in [1.54, 1.807) is 0 Å². The molecular formula is C13H24N2O. The van der Waals surface area contributed by atoms with E-state index < -0.39 is 0 Å². The zero-order valence-corrected chi connectivity index (χ0v) is 10.3. The number of aliphatic hydroxyl groups is 1. The van der Waals surface area contributed by atoms with Crippen LogP contribution in [0.3, 0.4) is 0 Å². The van der Waals surface area contributed by atoms with Crippen molar-refractivity contribution in [1.82, 2.24) is 5.32 Å². The Hall–Kier alpha value is -0.590. The summed E-state index contributed by atoms with van der Waals surface area (Å²) in [4.78, 5) is 0. The summed E-state index contributed by atoms with van der Waals surface area (Å²) in [6, 6.07) is 2.15. The molecule has 0 spiro atoms. The van der Waals surface area contributed by atoms with Crippen LogP contribution in [-0.4, -0.2) is 23.8 Å². The molecule has 0 bridgehead atoms. The zero-order valence-electron chi connectivity index (χ0n) is 10.3. The SMILES string of the molecule is C[C@](CO)(NCCCC#N)C1CCCCC1. The average molecular weight is 224 g/mol. The van der Waals surface area contributed by atoms with Gasteiger partial charge in [-0.3, -0.25) is 0 Å². The molecule has 0 aliphatic heterocycles. The van der Waals surface area contributed by atoms with E-state index in [2.05, 4.69) is 18.3 Å². The molecule has 16 heavy (non-hydrogen) atoms. The highest BCUT2D eigenvalue weighted by molar-refractivity contribution is 4.91. The van der Waals surface area contributed by atoms with Gasteiger partial charge in [-0.05, 0) is 38.6 Å². The van der Waals surface area contributed by atoms with Gasteiger partial charge in [0.1, 0.15) is 0 Å². The molecule has 0 unspecified atom stereocenters. The Balaban J connectivity index is 2.38. The average Bonchev–Trinajstić information content (AvgIpc) is 2.35. The van der Waals surface area contributed by atoms with Gasteiger partial charge in [-0.1, -0.05) is 19.3 Å². The maximum Gasteiger partial charge on any atom is 0.0622 e. The molecule has 1 fully saturated rings. The molecule has 1 rings (SSSR count). The molecule has 0 saturated heterocycles. The van der Waals surface area contributed by atoms with Crippen LogP contribution in [-0.2, 0) is 0 Å². The summed E-state index contributed by atoms with van der Waals surface area (Å²) in [5.74, 6) is 0.591. The van der Waals surface area contributed by atoms with Crippen molar-refractivity contribution in [1.29, 1.82) is 5.26 Å². The fourth-order valence-corrected chi connectivity index (χ4v) is 2.61. The van der Waals surface area contributed by atoms with Gasteiger partial charge in [0.2, 0.25) is 0 Å². The van der Waals surface area contributed by atoms with Crippen molar-refractivity contribution < 1.29 is 5.11 Å². The van der Waals surface area contributed by atoms with Gasteiger partial charge in [0, 0.05) is 12.0 Å². The molecule has 0 heterocycles. The van der Waals surface area contributed by atoms with Gasteiger partial charge >= 0.3 is 0 Å². The molecule has 0 aromatic heterocycles. The van der Waals surface area contributed by atoms with Gasteiger partial charge in [0.25, 0.3) is 0 Å². The number of unbranched alkanes of at least 4 members (excludes halogenated alkanes) is 1. The van der Waals surface area contributed by atoms with Crippen LogP contribution >= 0.6 is 0 Å². The summed E-state index contributed by atoms with van der Waals surface area (Å²) in [6.45, 7) is 3.15. The number of nitrogens with zero attached hydrogens (tertiary/aromatic N) is 1. The third kappa shape index (κ3) is 3.77. The molecular weight excluding hydrogens is 200 g/mol. The van der Waals surface area contributed by atoms with Crippen molar-refractivity contribution >= 4 is 0 Å². The van der Waals surface area contributed by atoms with E-state index in [0.29, 0.717) is 12.3 Å². The summed E-state index contributed by atoms with van der Waals surface area (Å²) in [7, 11) is 0. The molecule has 3 heteroatoms. The standard InChI is InChI=1S/C13H24N2O/c1-13(11-16,15-10-6-5-9-14)12-7-3-2-4-8-12/h12,15-16H,2-8,10-11H2,1H3/t13-/m1/s1. The third-order valence-electron chi connectivity index (χ3n) is 3.83. The second-order valence-electron chi connectivity index (χ2n) is 5.10. The van der Waals surface area contributed by atoms with E-state index in [-0.39, 0.29) is 12.1 Å². The van der Waals surface area contributed by atoms with Crippen molar-refractivity contribution in [2.24, 2.45) is 5.92 Å². The fraction of sp³-hybridized carbons (Fsp3) is 0.923. The third-order valence-corrected chi connectivity index (χ3v) is 3.83. The van der Waals surface area contributed by atoms with Gasteiger partial charge in [-0.15, -0.1) is 0 Å². The van der Waals surface area contributed by atoms with E-state index in [0.717, 1.165) is 13.0 Å². The van der Waals surface area contributed by atoms with Gasteiger partial charge in [0.05, 0.1) is 12.7 Å². The summed E-state index contributed by atoms with van der Waals surface area (Å²) in [5.41, 5.74) is -0.143. The minimum atomic E-state index is -0.143. The lowest BCUT2D eigenvalue weighted by Crippen LogP contribution is -2.52. The Bertz CT molecular complexity index is 231. The lowest BCUT2D eigenvalue weighted by Gasteiger charge is -2.39. The lowest BCUT2D eigenvalue weighted by atomic mass is 9.76. The zero-order chi connectivity index (χ0) is 11.9. The van der Waals surface area contributed by atoms with Crippen LogP contribution in [0.4, 0.5) is 0 Å². The van der Waals surface area contributed by atoms with Crippen LogP contribution in [0.25, 0.3) is 0 Å². The van der Waals surface area contributed by atoms with Crippen LogP contribution in [0.2, 0.25) is 0 Å². The van der Waals surface area contributed by atoms with Crippen LogP contribution < -0.4 is 5.32 Å². The van der Waals surface area contributed by atoms with Crippen molar-refractivity contribution in [2.75, 3.05) is 13.2 Å². The highest BCUT2D eigenvalue weighted by Gasteiger charge is 2.33. The smallest absolute Gasteiger partial charge is 0.0622 e. The Morgan fingerprint density at radius 3 is 2.62 bits per heavy atom. The van der Waals surface area contributed by atoms with E-state index in [1.165, 1.54) is 32.1 Å². The number of nitriles is 1. The molecule has 1 aliphatic carbocycles. The first kappa shape index (κ1) is 13.5. The lowest BCUT2D eigenvalue weighted by molar-refractivity contribution is 0.0953. The Morgan fingerprint density at radius 1 is 1.38 bits per heavy atom. The Kier molecular flexibility index (Phi) is 5.79. The van der Waals surface area contributed by atoms with Crippen LogP contribution in [0.1, 0.15) is 51.9 Å². The van der Waals surface area contributed by atoms with Crippen molar-refractivity contribution in [3.05, 3.63) is 0 Å². The molecule has 0 amide bonds. The topological polar surface area (TPSA) is 56.0 Å². The van der Waals surface area contributed by atoms with Crippen LogP contribution in [0, 0.1) is 17.2 Å². The molecule has 1 aliphatic rings. The molecule has 1 saturated carbocycles. The van der Waals surface area contributed by atoms with E-state index >= 15 is 0 Å². The number of aliphatic hydroxyl groups excluding tert-OH is 1. The minimum absolute atomic E-state index is 0.143. The molecule has 1 atom stereocenters. The van der Waals surface area contributed by atoms with E-state index in [4.69, 9.17) is 5.26 Å². The van der Waals surface area contributed by atoms with Crippen LogP contribution in [0.5, 0.6) is 0 Å². The summed E-state index contributed by atoms with van der Waals surface area (Å²) >= 11 is 0. The largest absolute Gasteiger partial charge is 0.394 e. The molecule has 0 aromatic rings. The number of rotatable bonds is 6. The second-order valence-corrected chi connectivity index (χ2v) is 5.10. The van der Waals surface area contributed by atoms with Crippen molar-refractivity contribution in [3.63, 3.8) is 0 Å². The van der Waals surface area contributed by atoms with Gasteiger partial charge < -0.3 is 10.4 Å². The monoisotopic (exact) mass is 224 g/mol. The number of hydrogen-bond donors (Lipinski definition) is 2. The number of hydrogen-bond acceptors (Lipinski definition) is 3. The predicted molar refractivity (Wildman–Crippen MR) is 64.9 cm³/mol. The molecule has 0 aromatic carbocycles. The van der Waals surface area contributed by atoms with Gasteiger partial charge in [0.15, 0.2) is 0 Å².